The SMILES string of the molecule is O=S(=O)(NC1CCCCCC1Cl)c1cc(Br)ccc1Br. The van der Waals surface area contributed by atoms with Crippen LogP contribution in [0.5, 0.6) is 0 Å². The number of rotatable bonds is 3. The fraction of sp³-hybridized carbons (Fsp3) is 0.538. The summed E-state index contributed by atoms with van der Waals surface area (Å²) in [5.74, 6) is 0. The van der Waals surface area contributed by atoms with Crippen molar-refractivity contribution in [2.75, 3.05) is 0 Å². The molecule has 0 aromatic heterocycles. The molecule has 3 nitrogen and oxygen atoms in total. The second-order valence-electron chi connectivity index (χ2n) is 4.96. The predicted octanol–water partition coefficient (Wildman–Crippen LogP) is 4.43. The zero-order valence-corrected chi connectivity index (χ0v) is 15.5. The molecule has 0 bridgehead atoms. The topological polar surface area (TPSA) is 46.2 Å². The van der Waals surface area contributed by atoms with E-state index < -0.39 is 10.0 Å². The van der Waals surface area contributed by atoms with Gasteiger partial charge in [-0.25, -0.2) is 13.1 Å². The van der Waals surface area contributed by atoms with E-state index in [-0.39, 0.29) is 16.3 Å². The summed E-state index contributed by atoms with van der Waals surface area (Å²) in [4.78, 5) is 0.236. The quantitative estimate of drug-likeness (QED) is 0.553. The molecule has 0 heterocycles. The van der Waals surface area contributed by atoms with Gasteiger partial charge in [0.25, 0.3) is 0 Å². The molecule has 1 fully saturated rings. The van der Waals surface area contributed by atoms with Crippen molar-refractivity contribution in [2.24, 2.45) is 0 Å². The van der Waals surface area contributed by atoms with Crippen LogP contribution in [0, 0.1) is 0 Å². The molecule has 0 radical (unpaired) electrons. The standard InChI is InChI=1S/C13H16Br2ClNO2S/c14-9-6-7-10(15)13(8-9)20(18,19)17-12-5-3-1-2-4-11(12)16/h6-8,11-12,17H,1-5H2. The van der Waals surface area contributed by atoms with Gasteiger partial charge < -0.3 is 0 Å². The van der Waals surface area contributed by atoms with E-state index in [4.69, 9.17) is 11.6 Å². The molecule has 2 unspecified atom stereocenters. The van der Waals surface area contributed by atoms with Gasteiger partial charge in [-0.15, -0.1) is 11.6 Å². The van der Waals surface area contributed by atoms with Gasteiger partial charge in [-0.3, -0.25) is 0 Å². The molecule has 2 rings (SSSR count). The van der Waals surface area contributed by atoms with Crippen molar-refractivity contribution in [3.8, 4) is 0 Å². The lowest BCUT2D eigenvalue weighted by Crippen LogP contribution is -2.40. The Morgan fingerprint density at radius 1 is 1.15 bits per heavy atom. The molecule has 0 amide bonds. The zero-order chi connectivity index (χ0) is 14.8. The Balaban J connectivity index is 2.24. The second kappa shape index (κ2) is 7.09. The minimum absolute atomic E-state index is 0.141. The van der Waals surface area contributed by atoms with Crippen LogP contribution >= 0.6 is 43.5 Å². The summed E-state index contributed by atoms with van der Waals surface area (Å²) in [6.07, 6.45) is 4.83. The molecule has 1 aliphatic carbocycles. The van der Waals surface area contributed by atoms with Crippen molar-refractivity contribution in [3.63, 3.8) is 0 Å². The second-order valence-corrected chi connectivity index (χ2v) is 8.97. The molecule has 0 aliphatic heterocycles. The van der Waals surface area contributed by atoms with Crippen LogP contribution in [0.2, 0.25) is 0 Å². The van der Waals surface area contributed by atoms with Crippen molar-refractivity contribution in [1.82, 2.24) is 4.72 Å². The first kappa shape index (κ1) is 16.7. The van der Waals surface area contributed by atoms with E-state index in [9.17, 15) is 8.42 Å². The van der Waals surface area contributed by atoms with E-state index in [1.165, 1.54) is 0 Å². The van der Waals surface area contributed by atoms with Crippen LogP contribution in [-0.4, -0.2) is 19.8 Å². The smallest absolute Gasteiger partial charge is 0.207 e. The Labute approximate surface area is 141 Å². The summed E-state index contributed by atoms with van der Waals surface area (Å²) >= 11 is 12.9. The van der Waals surface area contributed by atoms with Gasteiger partial charge in [0.15, 0.2) is 0 Å². The van der Waals surface area contributed by atoms with Crippen LogP contribution in [0.25, 0.3) is 0 Å². The van der Waals surface area contributed by atoms with E-state index >= 15 is 0 Å². The normalized spacial score (nSPS) is 24.4. The maximum Gasteiger partial charge on any atom is 0.242 e. The first-order valence-corrected chi connectivity index (χ1v) is 10.0. The first-order chi connectivity index (χ1) is 9.40. The van der Waals surface area contributed by atoms with E-state index in [0.29, 0.717) is 4.47 Å². The van der Waals surface area contributed by atoms with Crippen molar-refractivity contribution in [1.29, 1.82) is 0 Å². The molecule has 1 aromatic carbocycles. The Kier molecular flexibility index (Phi) is 5.94. The molecular formula is C13H16Br2ClNO2S. The summed E-state index contributed by atoms with van der Waals surface area (Å²) in [6.45, 7) is 0. The third kappa shape index (κ3) is 4.19. The van der Waals surface area contributed by atoms with E-state index in [0.717, 1.165) is 36.6 Å². The monoisotopic (exact) mass is 443 g/mol. The van der Waals surface area contributed by atoms with Crippen molar-refractivity contribution < 1.29 is 8.42 Å². The number of sulfonamides is 1. The van der Waals surface area contributed by atoms with Gasteiger partial charge in [0, 0.05) is 20.4 Å². The minimum Gasteiger partial charge on any atom is -0.207 e. The Morgan fingerprint density at radius 2 is 1.85 bits per heavy atom. The molecule has 112 valence electrons. The summed E-state index contributed by atoms with van der Waals surface area (Å²) in [6, 6.07) is 4.89. The zero-order valence-electron chi connectivity index (χ0n) is 10.8. The first-order valence-electron chi connectivity index (χ1n) is 6.51. The average molecular weight is 446 g/mol. The van der Waals surface area contributed by atoms with Crippen LogP contribution in [0.1, 0.15) is 32.1 Å². The molecular weight excluding hydrogens is 429 g/mol. The van der Waals surface area contributed by atoms with Gasteiger partial charge in [0.05, 0.1) is 4.90 Å². The molecule has 0 saturated heterocycles. The van der Waals surface area contributed by atoms with Crippen molar-refractivity contribution in [3.05, 3.63) is 27.1 Å². The highest BCUT2D eigenvalue weighted by Crippen LogP contribution is 2.28. The number of halogens is 3. The number of nitrogens with one attached hydrogen (secondary N) is 1. The van der Waals surface area contributed by atoms with Crippen LogP contribution in [0.15, 0.2) is 32.0 Å². The van der Waals surface area contributed by atoms with Crippen molar-refractivity contribution in [2.45, 2.75) is 48.4 Å². The van der Waals surface area contributed by atoms with Crippen LogP contribution in [0.3, 0.4) is 0 Å². The Hall–Kier alpha value is 0.380. The largest absolute Gasteiger partial charge is 0.242 e. The van der Waals surface area contributed by atoms with E-state index in [2.05, 4.69) is 36.6 Å². The maximum absolute atomic E-state index is 12.5. The molecule has 1 N–H and O–H groups in total. The minimum atomic E-state index is -3.57. The lowest BCUT2D eigenvalue weighted by molar-refractivity contribution is 0.514. The number of benzene rings is 1. The van der Waals surface area contributed by atoms with E-state index in [1.54, 1.807) is 18.2 Å². The van der Waals surface area contributed by atoms with E-state index in [1.807, 2.05) is 0 Å². The highest BCUT2D eigenvalue weighted by molar-refractivity contribution is 9.11. The summed E-state index contributed by atoms with van der Waals surface area (Å²) in [5.41, 5.74) is 0. The van der Waals surface area contributed by atoms with Gasteiger partial charge in [0.2, 0.25) is 10.0 Å². The third-order valence-corrected chi connectivity index (χ3v) is 6.92. The Morgan fingerprint density at radius 3 is 2.60 bits per heavy atom. The van der Waals surface area contributed by atoms with Gasteiger partial charge in [-0.05, 0) is 47.0 Å². The summed E-state index contributed by atoms with van der Waals surface area (Å²) < 4.78 is 29.1. The fourth-order valence-corrected chi connectivity index (χ4v) is 5.57. The van der Waals surface area contributed by atoms with Gasteiger partial charge in [0.1, 0.15) is 0 Å². The van der Waals surface area contributed by atoms with Crippen LogP contribution in [-0.2, 0) is 10.0 Å². The highest BCUT2D eigenvalue weighted by atomic mass is 79.9. The Bertz CT molecular complexity index is 580. The van der Waals surface area contributed by atoms with Crippen LogP contribution in [0.4, 0.5) is 0 Å². The summed E-state index contributed by atoms with van der Waals surface area (Å²) in [7, 11) is -3.57. The molecule has 0 spiro atoms. The highest BCUT2D eigenvalue weighted by Gasteiger charge is 2.28. The number of hydrogen-bond donors (Lipinski definition) is 1. The van der Waals surface area contributed by atoms with Crippen LogP contribution < -0.4 is 4.72 Å². The predicted molar refractivity (Wildman–Crippen MR) is 88.7 cm³/mol. The molecule has 1 saturated carbocycles. The number of hydrogen-bond acceptors (Lipinski definition) is 2. The van der Waals surface area contributed by atoms with Gasteiger partial charge in [-0.2, -0.15) is 0 Å². The molecule has 2 atom stereocenters. The molecule has 1 aliphatic rings. The van der Waals surface area contributed by atoms with Gasteiger partial charge >= 0.3 is 0 Å². The average Bonchev–Trinajstić information content (AvgIpc) is 2.57. The molecule has 1 aromatic rings. The molecule has 20 heavy (non-hydrogen) atoms. The lowest BCUT2D eigenvalue weighted by atomic mass is 10.1. The lowest BCUT2D eigenvalue weighted by Gasteiger charge is -2.21. The van der Waals surface area contributed by atoms with Crippen molar-refractivity contribution >= 4 is 53.5 Å². The fourth-order valence-electron chi connectivity index (χ4n) is 2.34. The number of alkyl halides is 1. The molecule has 7 heteroatoms. The van der Waals surface area contributed by atoms with Gasteiger partial charge in [-0.1, -0.05) is 35.2 Å². The third-order valence-electron chi connectivity index (χ3n) is 3.42. The maximum atomic E-state index is 12.5. The summed E-state index contributed by atoms with van der Waals surface area (Å²) in [5, 5.41) is -0.141.